The molecule has 0 saturated carbocycles. The highest BCUT2D eigenvalue weighted by Gasteiger charge is 2.17. The molecule has 0 unspecified atom stereocenters. The molecule has 0 atom stereocenters. The van der Waals surface area contributed by atoms with E-state index in [0.29, 0.717) is 5.82 Å². The van der Waals surface area contributed by atoms with E-state index in [2.05, 4.69) is 25.1 Å². The summed E-state index contributed by atoms with van der Waals surface area (Å²) in [6.45, 7) is 1.67. The number of carbonyl (C=O) groups excluding carboxylic acids is 1. The van der Waals surface area contributed by atoms with Crippen LogP contribution >= 0.6 is 0 Å². The third-order valence-electron chi connectivity index (χ3n) is 2.44. The Morgan fingerprint density at radius 3 is 2.80 bits per heavy atom. The maximum atomic E-state index is 12.0. The third-order valence-corrected chi connectivity index (χ3v) is 3.73. The Morgan fingerprint density at radius 1 is 1.45 bits per heavy atom. The van der Waals surface area contributed by atoms with Gasteiger partial charge in [0, 0.05) is 13.2 Å². The van der Waals surface area contributed by atoms with Gasteiger partial charge in [-0.3, -0.25) is 14.2 Å². The largest absolute Gasteiger partial charge is 0.358 e. The number of hydrogen-bond acceptors (Lipinski definition) is 5. The Kier molecular flexibility index (Phi) is 3.74. The van der Waals surface area contributed by atoms with Crippen LogP contribution in [0.5, 0.6) is 0 Å². The molecule has 0 saturated heterocycles. The second-order valence-electron chi connectivity index (χ2n) is 4.04. The molecule has 0 aromatic carbocycles. The molecule has 2 aromatic heterocycles. The van der Waals surface area contributed by atoms with Gasteiger partial charge in [0.2, 0.25) is 5.91 Å². The van der Waals surface area contributed by atoms with Gasteiger partial charge in [-0.15, -0.1) is 0 Å². The van der Waals surface area contributed by atoms with Crippen molar-refractivity contribution in [1.82, 2.24) is 25.1 Å². The highest BCUT2D eigenvalue weighted by molar-refractivity contribution is 7.92. The summed E-state index contributed by atoms with van der Waals surface area (Å²) in [5.74, 6) is 0.271. The number of hydrogen-bond donors (Lipinski definition) is 3. The standard InChI is InChI=1S/C10H14N6O3S/c1-7-12-4-10(14-7)20(18,19)15-8-3-13-16(5-8)6-9(17)11-2/h3-5,15H,6H2,1-2H3,(H,11,17)(H,12,14). The van der Waals surface area contributed by atoms with Gasteiger partial charge >= 0.3 is 0 Å². The second kappa shape index (κ2) is 5.33. The molecule has 9 nitrogen and oxygen atoms in total. The summed E-state index contributed by atoms with van der Waals surface area (Å²) in [5, 5.41) is 6.30. The molecule has 0 fully saturated rings. The first-order chi connectivity index (χ1) is 9.40. The smallest absolute Gasteiger partial charge is 0.279 e. The lowest BCUT2D eigenvalue weighted by Gasteiger charge is -2.02. The highest BCUT2D eigenvalue weighted by atomic mass is 32.2. The first-order valence-electron chi connectivity index (χ1n) is 5.68. The van der Waals surface area contributed by atoms with Crippen molar-refractivity contribution in [1.29, 1.82) is 0 Å². The monoisotopic (exact) mass is 298 g/mol. The number of H-pyrrole nitrogens is 1. The number of likely N-dealkylation sites (N-methyl/N-ethyl adjacent to an activating group) is 1. The van der Waals surface area contributed by atoms with Gasteiger partial charge in [0.05, 0.1) is 18.1 Å². The van der Waals surface area contributed by atoms with Gasteiger partial charge < -0.3 is 10.3 Å². The van der Waals surface area contributed by atoms with Crippen LogP contribution in [0, 0.1) is 6.92 Å². The Balaban J connectivity index is 2.12. The average molecular weight is 298 g/mol. The maximum absolute atomic E-state index is 12.0. The molecule has 0 spiro atoms. The van der Waals surface area contributed by atoms with Gasteiger partial charge in [0.1, 0.15) is 12.4 Å². The lowest BCUT2D eigenvalue weighted by atomic mass is 10.6. The zero-order valence-corrected chi connectivity index (χ0v) is 11.7. The molecule has 10 heteroatoms. The number of aromatic amines is 1. The van der Waals surface area contributed by atoms with Crippen molar-refractivity contribution < 1.29 is 13.2 Å². The number of aryl methyl sites for hydroxylation is 1. The number of nitrogens with zero attached hydrogens (tertiary/aromatic N) is 3. The molecule has 3 N–H and O–H groups in total. The first kappa shape index (κ1) is 14.1. The minimum atomic E-state index is -3.74. The van der Waals surface area contributed by atoms with Crippen molar-refractivity contribution in [3.8, 4) is 0 Å². The van der Waals surface area contributed by atoms with E-state index in [1.54, 1.807) is 6.92 Å². The van der Waals surface area contributed by atoms with Gasteiger partial charge in [-0.2, -0.15) is 13.5 Å². The molecule has 20 heavy (non-hydrogen) atoms. The molecular formula is C10H14N6O3S. The minimum absolute atomic E-state index is 0.0153. The molecule has 0 aliphatic carbocycles. The highest BCUT2D eigenvalue weighted by Crippen LogP contribution is 2.13. The molecule has 0 aliphatic heterocycles. The SMILES string of the molecule is CNC(=O)Cn1cc(NS(=O)(=O)c2cnc(C)[nH]2)cn1. The van der Waals surface area contributed by atoms with Crippen molar-refractivity contribution in [2.24, 2.45) is 0 Å². The van der Waals surface area contributed by atoms with E-state index in [1.807, 2.05) is 0 Å². The predicted octanol–water partition coefficient (Wildman–Crippen LogP) is -0.539. The normalized spacial score (nSPS) is 11.3. The van der Waals surface area contributed by atoms with Crippen molar-refractivity contribution in [3.63, 3.8) is 0 Å². The first-order valence-corrected chi connectivity index (χ1v) is 7.16. The van der Waals surface area contributed by atoms with Crippen LogP contribution in [0.3, 0.4) is 0 Å². The van der Waals surface area contributed by atoms with Gasteiger partial charge in [-0.05, 0) is 6.92 Å². The van der Waals surface area contributed by atoms with Gasteiger partial charge in [-0.1, -0.05) is 0 Å². The predicted molar refractivity (Wildman–Crippen MR) is 70.4 cm³/mol. The lowest BCUT2D eigenvalue weighted by molar-refractivity contribution is -0.121. The third kappa shape index (κ3) is 3.15. The summed E-state index contributed by atoms with van der Waals surface area (Å²) in [7, 11) is -2.23. The van der Waals surface area contributed by atoms with Crippen molar-refractivity contribution >= 4 is 21.6 Å². The molecular weight excluding hydrogens is 284 g/mol. The van der Waals surface area contributed by atoms with Crippen molar-refractivity contribution in [3.05, 3.63) is 24.4 Å². The van der Waals surface area contributed by atoms with Crippen LogP contribution < -0.4 is 10.0 Å². The van der Waals surface area contributed by atoms with Crippen LogP contribution in [0.4, 0.5) is 5.69 Å². The van der Waals surface area contributed by atoms with Gasteiger partial charge in [-0.25, -0.2) is 4.98 Å². The van der Waals surface area contributed by atoms with E-state index in [-0.39, 0.29) is 23.2 Å². The summed E-state index contributed by atoms with van der Waals surface area (Å²) in [4.78, 5) is 17.6. The molecule has 0 bridgehead atoms. The molecule has 1 amide bonds. The molecule has 2 aromatic rings. The number of sulfonamides is 1. The quantitative estimate of drug-likeness (QED) is 0.684. The molecule has 0 aliphatic rings. The van der Waals surface area contributed by atoms with E-state index >= 15 is 0 Å². The summed E-state index contributed by atoms with van der Waals surface area (Å²) in [5.41, 5.74) is 0.265. The van der Waals surface area contributed by atoms with Crippen LogP contribution in [0.2, 0.25) is 0 Å². The Labute approximate surface area is 115 Å². The second-order valence-corrected chi connectivity index (χ2v) is 5.69. The van der Waals surface area contributed by atoms with Gasteiger partial charge in [0.25, 0.3) is 10.0 Å². The van der Waals surface area contributed by atoms with E-state index in [9.17, 15) is 13.2 Å². The number of rotatable bonds is 5. The fraction of sp³-hybridized carbons (Fsp3) is 0.300. The Bertz CT molecular complexity index is 717. The van der Waals surface area contributed by atoms with Gasteiger partial charge in [0.15, 0.2) is 5.03 Å². The van der Waals surface area contributed by atoms with Crippen LogP contribution in [-0.2, 0) is 21.4 Å². The summed E-state index contributed by atoms with van der Waals surface area (Å²) < 4.78 is 27.7. The van der Waals surface area contributed by atoms with E-state index in [0.717, 1.165) is 0 Å². The average Bonchev–Trinajstić information content (AvgIpc) is 2.98. The minimum Gasteiger partial charge on any atom is -0.358 e. The number of carbonyl (C=O) groups is 1. The number of nitrogens with one attached hydrogen (secondary N) is 3. The zero-order valence-electron chi connectivity index (χ0n) is 10.9. The molecule has 0 radical (unpaired) electrons. The summed E-state index contributed by atoms with van der Waals surface area (Å²) >= 11 is 0. The number of imidazole rings is 1. The van der Waals surface area contributed by atoms with E-state index in [4.69, 9.17) is 0 Å². The fourth-order valence-electron chi connectivity index (χ4n) is 1.47. The van der Waals surface area contributed by atoms with Crippen molar-refractivity contribution in [2.45, 2.75) is 18.5 Å². The van der Waals surface area contributed by atoms with Crippen LogP contribution in [0.25, 0.3) is 0 Å². The molecule has 108 valence electrons. The Morgan fingerprint density at radius 2 is 2.20 bits per heavy atom. The maximum Gasteiger partial charge on any atom is 0.279 e. The van der Waals surface area contributed by atoms with Crippen LogP contribution in [0.1, 0.15) is 5.82 Å². The fourth-order valence-corrected chi connectivity index (χ4v) is 2.47. The van der Waals surface area contributed by atoms with Crippen molar-refractivity contribution in [2.75, 3.05) is 11.8 Å². The number of aromatic nitrogens is 4. The summed E-state index contributed by atoms with van der Waals surface area (Å²) in [6.07, 6.45) is 3.98. The zero-order chi connectivity index (χ0) is 14.8. The van der Waals surface area contributed by atoms with Crippen LogP contribution in [0.15, 0.2) is 23.6 Å². The number of amides is 1. The molecule has 2 rings (SSSR count). The van der Waals surface area contributed by atoms with E-state index in [1.165, 1.54) is 30.3 Å². The lowest BCUT2D eigenvalue weighted by Crippen LogP contribution is -2.23. The molecule has 2 heterocycles. The topological polar surface area (TPSA) is 122 Å². The summed E-state index contributed by atoms with van der Waals surface area (Å²) in [6, 6.07) is 0. The Hall–Kier alpha value is -2.36. The van der Waals surface area contributed by atoms with Crippen LogP contribution in [-0.4, -0.2) is 41.1 Å². The number of anilines is 1. The van der Waals surface area contributed by atoms with E-state index < -0.39 is 10.0 Å².